The van der Waals surface area contributed by atoms with Crippen molar-refractivity contribution in [2.75, 3.05) is 13.2 Å². The van der Waals surface area contributed by atoms with E-state index in [0.29, 0.717) is 31.6 Å². The highest BCUT2D eigenvalue weighted by Crippen LogP contribution is 2.38. The molecule has 24 heavy (non-hydrogen) atoms. The van der Waals surface area contributed by atoms with Crippen LogP contribution in [0.15, 0.2) is 21.5 Å². The number of aromatic hydroxyl groups is 1. The monoisotopic (exact) mass is 430 g/mol. The van der Waals surface area contributed by atoms with E-state index in [0.717, 1.165) is 11.8 Å². The Morgan fingerprint density at radius 1 is 1.54 bits per heavy atom. The van der Waals surface area contributed by atoms with Gasteiger partial charge in [0, 0.05) is 18.9 Å². The summed E-state index contributed by atoms with van der Waals surface area (Å²) in [6.45, 7) is 2.16. The Balaban J connectivity index is 2.27. The maximum atomic E-state index is 12.3. The van der Waals surface area contributed by atoms with Gasteiger partial charge in [-0.05, 0) is 46.6 Å². The lowest BCUT2D eigenvalue weighted by atomic mass is 10.2. The summed E-state index contributed by atoms with van der Waals surface area (Å²) < 4.78 is 6.09. The number of thioether (sulfide) groups is 1. The number of hydrogen-bond acceptors (Lipinski definition) is 7. The van der Waals surface area contributed by atoms with Gasteiger partial charge >= 0.3 is 0 Å². The number of amides is 1. The predicted octanol–water partition coefficient (Wildman–Crippen LogP) is 1.89. The summed E-state index contributed by atoms with van der Waals surface area (Å²) in [4.78, 5) is 24.5. The number of thiocarbonyl (C=S) groups is 1. The van der Waals surface area contributed by atoms with Gasteiger partial charge in [0.15, 0.2) is 11.5 Å². The number of phenolic OH excluding ortho intramolecular Hbond substituents is 1. The van der Waals surface area contributed by atoms with E-state index in [1.54, 1.807) is 25.1 Å². The van der Waals surface area contributed by atoms with Crippen LogP contribution in [0.3, 0.4) is 0 Å². The van der Waals surface area contributed by atoms with Crippen LogP contribution in [0.1, 0.15) is 18.9 Å². The summed E-state index contributed by atoms with van der Waals surface area (Å²) in [5.74, 6) is -1.31. The van der Waals surface area contributed by atoms with Gasteiger partial charge in [0.25, 0.3) is 5.91 Å². The second kappa shape index (κ2) is 8.00. The van der Waals surface area contributed by atoms with Crippen LogP contribution in [0, 0.1) is 0 Å². The van der Waals surface area contributed by atoms with Crippen LogP contribution in [0.25, 0.3) is 6.08 Å². The fourth-order valence-corrected chi connectivity index (χ4v) is 3.76. The number of phenols is 1. The lowest BCUT2D eigenvalue weighted by Crippen LogP contribution is -2.33. The van der Waals surface area contributed by atoms with Crippen LogP contribution in [0.5, 0.6) is 11.5 Å². The fourth-order valence-electron chi connectivity index (χ4n) is 1.99. The lowest BCUT2D eigenvalue weighted by molar-refractivity contribution is -0.305. The third kappa shape index (κ3) is 4.28. The van der Waals surface area contributed by atoms with E-state index >= 15 is 0 Å². The highest BCUT2D eigenvalue weighted by Gasteiger charge is 2.31. The second-order valence-electron chi connectivity index (χ2n) is 4.74. The van der Waals surface area contributed by atoms with E-state index in [1.807, 2.05) is 0 Å². The van der Waals surface area contributed by atoms with Crippen molar-refractivity contribution in [3.63, 3.8) is 0 Å². The minimum absolute atomic E-state index is 0.0180. The Labute approximate surface area is 156 Å². The zero-order valence-corrected chi connectivity index (χ0v) is 15.8. The standard InChI is InChI=1S/C15H14BrNO5S2/c1-2-22-10-6-8(5-9(16)13(10)20)7-11-14(21)17(15(23)24-11)4-3-12(18)19/h5-7,20H,2-4H2,1H3,(H,18,19)/p-1/b11-7-. The molecule has 1 aromatic carbocycles. The Morgan fingerprint density at radius 2 is 2.25 bits per heavy atom. The highest BCUT2D eigenvalue weighted by molar-refractivity contribution is 9.10. The van der Waals surface area contributed by atoms with Crippen LogP contribution >= 0.6 is 39.9 Å². The van der Waals surface area contributed by atoms with Crippen molar-refractivity contribution >= 4 is 62.2 Å². The molecule has 0 aromatic heterocycles. The molecule has 6 nitrogen and oxygen atoms in total. The average molecular weight is 431 g/mol. The molecule has 9 heteroatoms. The first-order chi connectivity index (χ1) is 11.3. The average Bonchev–Trinajstić information content (AvgIpc) is 2.76. The Bertz CT molecular complexity index is 735. The molecule has 1 heterocycles. The third-order valence-electron chi connectivity index (χ3n) is 3.06. The first-order valence-corrected chi connectivity index (χ1v) is 8.95. The molecule has 1 N–H and O–H groups in total. The van der Waals surface area contributed by atoms with Crippen molar-refractivity contribution in [3.05, 3.63) is 27.1 Å². The molecular weight excluding hydrogens is 418 g/mol. The highest BCUT2D eigenvalue weighted by atomic mass is 79.9. The largest absolute Gasteiger partial charge is 0.550 e. The number of halogens is 1. The van der Waals surface area contributed by atoms with E-state index < -0.39 is 5.97 Å². The van der Waals surface area contributed by atoms with Crippen molar-refractivity contribution < 1.29 is 24.5 Å². The second-order valence-corrected chi connectivity index (χ2v) is 7.27. The minimum Gasteiger partial charge on any atom is -0.550 e. The minimum atomic E-state index is -1.24. The van der Waals surface area contributed by atoms with Crippen molar-refractivity contribution in [2.45, 2.75) is 13.3 Å². The summed E-state index contributed by atoms with van der Waals surface area (Å²) in [5, 5.41) is 20.5. The topological polar surface area (TPSA) is 89.9 Å². The summed E-state index contributed by atoms with van der Waals surface area (Å²) in [6.07, 6.45) is 1.34. The van der Waals surface area contributed by atoms with Gasteiger partial charge in [0.2, 0.25) is 0 Å². The maximum absolute atomic E-state index is 12.3. The van der Waals surface area contributed by atoms with Crippen molar-refractivity contribution in [1.82, 2.24) is 4.90 Å². The van der Waals surface area contributed by atoms with Crippen molar-refractivity contribution in [1.29, 1.82) is 0 Å². The van der Waals surface area contributed by atoms with Gasteiger partial charge in [0.1, 0.15) is 4.32 Å². The Hall–Kier alpha value is -1.58. The number of ether oxygens (including phenoxy) is 1. The molecule has 1 fully saturated rings. The molecule has 1 aliphatic heterocycles. The summed E-state index contributed by atoms with van der Waals surface area (Å²) in [6, 6.07) is 3.25. The molecule has 2 rings (SSSR count). The third-order valence-corrected chi connectivity index (χ3v) is 5.04. The van der Waals surface area contributed by atoms with Gasteiger partial charge in [-0.2, -0.15) is 0 Å². The summed E-state index contributed by atoms with van der Waals surface area (Å²) >= 11 is 9.45. The smallest absolute Gasteiger partial charge is 0.266 e. The normalized spacial score (nSPS) is 16.1. The fraction of sp³-hybridized carbons (Fsp3) is 0.267. The van der Waals surface area contributed by atoms with Gasteiger partial charge in [-0.1, -0.05) is 24.0 Å². The lowest BCUT2D eigenvalue weighted by Gasteiger charge is -2.14. The van der Waals surface area contributed by atoms with Crippen LogP contribution in [-0.4, -0.2) is 39.4 Å². The van der Waals surface area contributed by atoms with Gasteiger partial charge in [-0.3, -0.25) is 9.69 Å². The molecule has 0 spiro atoms. The number of nitrogens with zero attached hydrogens (tertiary/aromatic N) is 1. The van der Waals surface area contributed by atoms with E-state index in [2.05, 4.69) is 15.9 Å². The van der Waals surface area contributed by atoms with E-state index in [1.165, 1.54) is 4.90 Å². The Morgan fingerprint density at radius 3 is 2.88 bits per heavy atom. The van der Waals surface area contributed by atoms with E-state index in [4.69, 9.17) is 17.0 Å². The number of carboxylic acid groups (broad SMARTS) is 1. The zero-order valence-electron chi connectivity index (χ0n) is 12.6. The molecule has 0 atom stereocenters. The molecule has 0 saturated carbocycles. The molecule has 0 unspecified atom stereocenters. The van der Waals surface area contributed by atoms with Gasteiger partial charge in [0.05, 0.1) is 16.0 Å². The first kappa shape index (κ1) is 18.8. The number of hydrogen-bond donors (Lipinski definition) is 1. The van der Waals surface area contributed by atoms with Gasteiger partial charge in [-0.25, -0.2) is 0 Å². The molecule has 0 radical (unpaired) electrons. The first-order valence-electron chi connectivity index (χ1n) is 6.94. The number of benzene rings is 1. The number of carbonyl (C=O) groups excluding carboxylic acids is 2. The van der Waals surface area contributed by atoms with Crippen LogP contribution in [-0.2, 0) is 9.59 Å². The molecule has 1 aromatic rings. The molecule has 1 amide bonds. The summed E-state index contributed by atoms with van der Waals surface area (Å²) in [7, 11) is 0. The molecule has 0 aliphatic carbocycles. The molecule has 1 aliphatic rings. The zero-order chi connectivity index (χ0) is 17.9. The number of carboxylic acids is 1. The van der Waals surface area contributed by atoms with Gasteiger partial charge in [-0.15, -0.1) is 0 Å². The molecule has 1 saturated heterocycles. The summed E-state index contributed by atoms with van der Waals surface area (Å²) in [5.41, 5.74) is 0.642. The van der Waals surface area contributed by atoms with Crippen LogP contribution in [0.2, 0.25) is 0 Å². The molecular formula is C15H13BrNO5S2-. The van der Waals surface area contributed by atoms with Gasteiger partial charge < -0.3 is 19.7 Å². The van der Waals surface area contributed by atoms with Crippen molar-refractivity contribution in [2.24, 2.45) is 0 Å². The number of rotatable bonds is 6. The van der Waals surface area contributed by atoms with E-state index in [-0.39, 0.29) is 24.6 Å². The number of aliphatic carboxylic acids is 1. The predicted molar refractivity (Wildman–Crippen MR) is 96.5 cm³/mol. The quantitative estimate of drug-likeness (QED) is 0.544. The molecule has 128 valence electrons. The molecule has 0 bridgehead atoms. The number of carbonyl (C=O) groups is 2. The van der Waals surface area contributed by atoms with E-state index in [9.17, 15) is 19.8 Å². The van der Waals surface area contributed by atoms with Crippen molar-refractivity contribution in [3.8, 4) is 11.5 Å². The Kier molecular flexibility index (Phi) is 6.25. The maximum Gasteiger partial charge on any atom is 0.266 e. The van der Waals surface area contributed by atoms with Crippen LogP contribution < -0.4 is 9.84 Å². The SMILES string of the molecule is CCOc1cc(/C=C2\SC(=S)N(CCC(=O)[O-])C2=O)cc(Br)c1O. The van der Waals surface area contributed by atoms with Crippen LogP contribution in [0.4, 0.5) is 0 Å².